The first-order chi connectivity index (χ1) is 6.66. The maximum atomic E-state index is 5.50. The van der Waals surface area contributed by atoms with E-state index in [1.54, 1.807) is 4.68 Å². The molecule has 1 aromatic carbocycles. The lowest BCUT2D eigenvalue weighted by atomic mass is 10.2. The van der Waals surface area contributed by atoms with Crippen molar-refractivity contribution in [1.82, 2.24) is 14.8 Å². The monoisotopic (exact) mass is 188 g/mol. The molecular formula is C10H12N4. The van der Waals surface area contributed by atoms with E-state index in [1.165, 1.54) is 5.56 Å². The van der Waals surface area contributed by atoms with Crippen molar-refractivity contribution in [3.05, 3.63) is 35.7 Å². The zero-order valence-corrected chi connectivity index (χ0v) is 8.23. The molecule has 0 bridgehead atoms. The fourth-order valence-electron chi connectivity index (χ4n) is 1.34. The smallest absolute Gasteiger partial charge is 0.240 e. The molecule has 0 aliphatic heterocycles. The minimum Gasteiger partial charge on any atom is -0.366 e. The van der Waals surface area contributed by atoms with Crippen LogP contribution in [0.2, 0.25) is 0 Å². The third kappa shape index (κ3) is 1.46. The van der Waals surface area contributed by atoms with Gasteiger partial charge in [0.2, 0.25) is 5.95 Å². The van der Waals surface area contributed by atoms with Gasteiger partial charge in [0.05, 0.1) is 5.69 Å². The van der Waals surface area contributed by atoms with Crippen LogP contribution < -0.4 is 5.73 Å². The number of aryl methyl sites for hydroxylation is 2. The Balaban J connectivity index is 2.49. The highest BCUT2D eigenvalue weighted by Crippen LogP contribution is 2.10. The van der Waals surface area contributed by atoms with E-state index in [0.717, 1.165) is 11.5 Å². The average molecular weight is 188 g/mol. The number of aromatic nitrogens is 3. The number of hydrogen-bond acceptors (Lipinski definition) is 3. The van der Waals surface area contributed by atoms with Gasteiger partial charge >= 0.3 is 0 Å². The van der Waals surface area contributed by atoms with Crippen LogP contribution in [0.5, 0.6) is 0 Å². The molecule has 2 aromatic rings. The molecule has 72 valence electrons. The van der Waals surface area contributed by atoms with Crippen molar-refractivity contribution in [3.63, 3.8) is 0 Å². The van der Waals surface area contributed by atoms with Gasteiger partial charge in [0.1, 0.15) is 5.82 Å². The lowest BCUT2D eigenvalue weighted by Gasteiger charge is -2.02. The van der Waals surface area contributed by atoms with Crippen LogP contribution in [0, 0.1) is 13.8 Å². The summed E-state index contributed by atoms with van der Waals surface area (Å²) in [5.74, 6) is 1.11. The van der Waals surface area contributed by atoms with Gasteiger partial charge in [0.15, 0.2) is 0 Å². The van der Waals surface area contributed by atoms with Gasteiger partial charge < -0.3 is 5.73 Å². The summed E-state index contributed by atoms with van der Waals surface area (Å²) in [6.45, 7) is 3.93. The number of benzene rings is 1. The molecular weight excluding hydrogens is 176 g/mol. The standard InChI is InChI=1S/C10H12N4/c1-7-3-5-9(6-4-7)14-8(2)12-10(11)13-14/h3-6H,1-2H3,(H2,11,13). The second-order valence-corrected chi connectivity index (χ2v) is 3.26. The van der Waals surface area contributed by atoms with E-state index in [4.69, 9.17) is 5.73 Å². The first kappa shape index (κ1) is 8.74. The Labute approximate surface area is 82.4 Å². The van der Waals surface area contributed by atoms with E-state index in [-0.39, 0.29) is 0 Å². The van der Waals surface area contributed by atoms with Crippen molar-refractivity contribution >= 4 is 5.95 Å². The molecule has 0 saturated heterocycles. The van der Waals surface area contributed by atoms with Crippen LogP contribution in [-0.4, -0.2) is 14.8 Å². The number of rotatable bonds is 1. The number of nitrogens with two attached hydrogens (primary N) is 1. The molecule has 0 aliphatic rings. The minimum atomic E-state index is 0.308. The molecule has 0 atom stereocenters. The Morgan fingerprint density at radius 1 is 1.14 bits per heavy atom. The molecule has 1 aromatic heterocycles. The first-order valence-corrected chi connectivity index (χ1v) is 4.43. The highest BCUT2D eigenvalue weighted by Gasteiger charge is 2.04. The normalized spacial score (nSPS) is 10.4. The minimum absolute atomic E-state index is 0.308. The van der Waals surface area contributed by atoms with E-state index in [0.29, 0.717) is 5.95 Å². The Morgan fingerprint density at radius 2 is 1.79 bits per heavy atom. The molecule has 0 unspecified atom stereocenters. The fraction of sp³-hybridized carbons (Fsp3) is 0.200. The van der Waals surface area contributed by atoms with Crippen molar-refractivity contribution < 1.29 is 0 Å². The molecule has 14 heavy (non-hydrogen) atoms. The largest absolute Gasteiger partial charge is 0.366 e. The predicted octanol–water partition coefficient (Wildman–Crippen LogP) is 1.47. The van der Waals surface area contributed by atoms with Crippen molar-refractivity contribution in [2.45, 2.75) is 13.8 Å². The van der Waals surface area contributed by atoms with Gasteiger partial charge in [-0.3, -0.25) is 0 Å². The Morgan fingerprint density at radius 3 is 2.29 bits per heavy atom. The molecule has 0 radical (unpaired) electrons. The van der Waals surface area contributed by atoms with Gasteiger partial charge in [-0.25, -0.2) is 4.68 Å². The summed E-state index contributed by atoms with van der Waals surface area (Å²) in [5.41, 5.74) is 7.71. The topological polar surface area (TPSA) is 56.7 Å². The van der Waals surface area contributed by atoms with Crippen molar-refractivity contribution in [3.8, 4) is 5.69 Å². The summed E-state index contributed by atoms with van der Waals surface area (Å²) in [4.78, 5) is 4.04. The quantitative estimate of drug-likeness (QED) is 0.737. The number of hydrogen-bond donors (Lipinski definition) is 1. The van der Waals surface area contributed by atoms with Crippen LogP contribution in [0.1, 0.15) is 11.4 Å². The highest BCUT2D eigenvalue weighted by molar-refractivity contribution is 5.35. The van der Waals surface area contributed by atoms with E-state index in [9.17, 15) is 0 Å². The molecule has 1 heterocycles. The molecule has 0 fully saturated rings. The second-order valence-electron chi connectivity index (χ2n) is 3.26. The summed E-state index contributed by atoms with van der Waals surface area (Å²) in [6.07, 6.45) is 0. The van der Waals surface area contributed by atoms with Crippen LogP contribution in [0.4, 0.5) is 5.95 Å². The van der Waals surface area contributed by atoms with E-state index < -0.39 is 0 Å². The average Bonchev–Trinajstić information content (AvgIpc) is 2.47. The number of nitrogens with zero attached hydrogens (tertiary/aromatic N) is 3. The van der Waals surface area contributed by atoms with Gasteiger partial charge in [-0.05, 0) is 26.0 Å². The Kier molecular flexibility index (Phi) is 1.96. The molecule has 4 nitrogen and oxygen atoms in total. The van der Waals surface area contributed by atoms with Crippen LogP contribution in [-0.2, 0) is 0 Å². The van der Waals surface area contributed by atoms with Gasteiger partial charge in [-0.15, -0.1) is 5.10 Å². The van der Waals surface area contributed by atoms with Gasteiger partial charge in [0, 0.05) is 0 Å². The Hall–Kier alpha value is -1.84. The highest BCUT2D eigenvalue weighted by atomic mass is 15.4. The maximum absolute atomic E-state index is 5.50. The molecule has 4 heteroatoms. The van der Waals surface area contributed by atoms with Crippen molar-refractivity contribution in [1.29, 1.82) is 0 Å². The third-order valence-electron chi connectivity index (χ3n) is 2.06. The summed E-state index contributed by atoms with van der Waals surface area (Å²) in [6, 6.07) is 8.06. The first-order valence-electron chi connectivity index (χ1n) is 4.43. The summed E-state index contributed by atoms with van der Waals surface area (Å²) >= 11 is 0. The van der Waals surface area contributed by atoms with Crippen molar-refractivity contribution in [2.24, 2.45) is 0 Å². The molecule has 0 amide bonds. The van der Waals surface area contributed by atoms with E-state index in [2.05, 4.69) is 10.1 Å². The van der Waals surface area contributed by atoms with Gasteiger partial charge in [-0.2, -0.15) is 4.98 Å². The molecule has 0 aliphatic carbocycles. The molecule has 2 N–H and O–H groups in total. The van der Waals surface area contributed by atoms with Gasteiger partial charge in [-0.1, -0.05) is 17.7 Å². The number of nitrogen functional groups attached to an aromatic ring is 1. The Bertz CT molecular complexity index is 442. The SMILES string of the molecule is Cc1ccc(-n2nc(N)nc2C)cc1. The lowest BCUT2D eigenvalue weighted by molar-refractivity contribution is 0.842. The zero-order chi connectivity index (χ0) is 10.1. The molecule has 0 spiro atoms. The van der Waals surface area contributed by atoms with Crippen molar-refractivity contribution in [2.75, 3.05) is 5.73 Å². The van der Waals surface area contributed by atoms with E-state index >= 15 is 0 Å². The van der Waals surface area contributed by atoms with Crippen LogP contribution in [0.25, 0.3) is 5.69 Å². The predicted molar refractivity (Wildman–Crippen MR) is 55.2 cm³/mol. The van der Waals surface area contributed by atoms with Crippen LogP contribution in [0.3, 0.4) is 0 Å². The fourth-order valence-corrected chi connectivity index (χ4v) is 1.34. The van der Waals surface area contributed by atoms with Crippen LogP contribution >= 0.6 is 0 Å². The molecule has 2 rings (SSSR count). The number of anilines is 1. The maximum Gasteiger partial charge on any atom is 0.240 e. The van der Waals surface area contributed by atoms with Gasteiger partial charge in [0.25, 0.3) is 0 Å². The summed E-state index contributed by atoms with van der Waals surface area (Å²) in [5, 5.41) is 4.09. The van der Waals surface area contributed by atoms with E-state index in [1.807, 2.05) is 38.1 Å². The summed E-state index contributed by atoms with van der Waals surface area (Å²) in [7, 11) is 0. The zero-order valence-electron chi connectivity index (χ0n) is 8.23. The lowest BCUT2D eigenvalue weighted by Crippen LogP contribution is -1.99. The van der Waals surface area contributed by atoms with Crippen LogP contribution in [0.15, 0.2) is 24.3 Å². The summed E-state index contributed by atoms with van der Waals surface area (Å²) < 4.78 is 1.73. The second kappa shape index (κ2) is 3.14. The third-order valence-corrected chi connectivity index (χ3v) is 2.06. The molecule has 0 saturated carbocycles.